The van der Waals surface area contributed by atoms with Crippen LogP contribution in [0.5, 0.6) is 0 Å². The maximum atomic E-state index is 11.8. The van der Waals surface area contributed by atoms with Gasteiger partial charge < -0.3 is 10.6 Å². The van der Waals surface area contributed by atoms with Crippen molar-refractivity contribution in [1.82, 2.24) is 10.6 Å². The Kier molecular flexibility index (Phi) is 5.69. The molecule has 1 atom stereocenters. The van der Waals surface area contributed by atoms with Gasteiger partial charge in [-0.25, -0.2) is 0 Å². The molecule has 0 bridgehead atoms. The normalized spacial score (nSPS) is 22.5. The van der Waals surface area contributed by atoms with Crippen molar-refractivity contribution in [2.24, 2.45) is 5.92 Å². The molecule has 1 heterocycles. The third-order valence-electron chi connectivity index (χ3n) is 2.90. The fourth-order valence-electron chi connectivity index (χ4n) is 1.86. The van der Waals surface area contributed by atoms with Crippen LogP contribution in [0.4, 0.5) is 0 Å². The molecule has 3 nitrogen and oxygen atoms in total. The maximum absolute atomic E-state index is 11.8. The number of rotatable bonds is 4. The van der Waals surface area contributed by atoms with Gasteiger partial charge >= 0.3 is 0 Å². The smallest absolute Gasteiger partial charge is 0.237 e. The Morgan fingerprint density at radius 1 is 1.40 bits per heavy atom. The molecule has 0 spiro atoms. The first-order valence-corrected chi connectivity index (χ1v) is 6.21. The lowest BCUT2D eigenvalue weighted by Gasteiger charge is -2.15. The van der Waals surface area contributed by atoms with E-state index < -0.39 is 0 Å². The van der Waals surface area contributed by atoms with Crippen molar-refractivity contribution in [2.45, 2.75) is 52.0 Å². The maximum Gasteiger partial charge on any atom is 0.237 e. The Morgan fingerprint density at radius 2 is 2.20 bits per heavy atom. The molecule has 1 rings (SSSR count). The SMILES string of the molecule is CC(C)CCNC(=O)C1CCCCCN1. The van der Waals surface area contributed by atoms with Gasteiger partial charge in [-0.05, 0) is 31.7 Å². The lowest BCUT2D eigenvalue weighted by molar-refractivity contribution is -0.123. The summed E-state index contributed by atoms with van der Waals surface area (Å²) in [6, 6.07) is 0.0552. The molecule has 2 N–H and O–H groups in total. The predicted molar refractivity (Wildman–Crippen MR) is 62.7 cm³/mol. The van der Waals surface area contributed by atoms with Gasteiger partial charge in [-0.1, -0.05) is 26.7 Å². The summed E-state index contributed by atoms with van der Waals surface area (Å²) in [5.41, 5.74) is 0. The van der Waals surface area contributed by atoms with E-state index >= 15 is 0 Å². The van der Waals surface area contributed by atoms with Crippen molar-refractivity contribution in [3.8, 4) is 0 Å². The Hall–Kier alpha value is -0.570. The number of nitrogens with one attached hydrogen (secondary N) is 2. The Bertz CT molecular complexity index is 184. The van der Waals surface area contributed by atoms with Crippen molar-refractivity contribution in [2.75, 3.05) is 13.1 Å². The predicted octanol–water partition coefficient (Wildman–Crippen LogP) is 1.68. The molecule has 0 saturated carbocycles. The topological polar surface area (TPSA) is 41.1 Å². The molecule has 0 radical (unpaired) electrons. The van der Waals surface area contributed by atoms with E-state index in [0.717, 1.165) is 25.9 Å². The second-order valence-corrected chi connectivity index (χ2v) is 4.83. The molecule has 15 heavy (non-hydrogen) atoms. The first-order chi connectivity index (χ1) is 7.20. The van der Waals surface area contributed by atoms with Crippen molar-refractivity contribution in [1.29, 1.82) is 0 Å². The average Bonchev–Trinajstić information content (AvgIpc) is 2.44. The molecule has 1 amide bonds. The summed E-state index contributed by atoms with van der Waals surface area (Å²) < 4.78 is 0. The van der Waals surface area contributed by atoms with E-state index in [9.17, 15) is 4.79 Å². The molecule has 0 aromatic heterocycles. The van der Waals surface area contributed by atoms with Gasteiger partial charge in [-0.3, -0.25) is 4.79 Å². The zero-order chi connectivity index (χ0) is 11.1. The number of amides is 1. The van der Waals surface area contributed by atoms with Gasteiger partial charge in [0.1, 0.15) is 0 Å². The van der Waals surface area contributed by atoms with Crippen LogP contribution in [-0.2, 0) is 4.79 Å². The van der Waals surface area contributed by atoms with E-state index in [1.807, 2.05) is 0 Å². The molecule has 0 aromatic carbocycles. The van der Waals surface area contributed by atoms with Crippen LogP contribution >= 0.6 is 0 Å². The van der Waals surface area contributed by atoms with Crippen LogP contribution in [0.3, 0.4) is 0 Å². The third kappa shape index (κ3) is 5.17. The first-order valence-electron chi connectivity index (χ1n) is 6.21. The van der Waals surface area contributed by atoms with Crippen LogP contribution in [-0.4, -0.2) is 25.0 Å². The quantitative estimate of drug-likeness (QED) is 0.744. The highest BCUT2D eigenvalue weighted by Crippen LogP contribution is 2.08. The summed E-state index contributed by atoms with van der Waals surface area (Å²) in [6.07, 6.45) is 5.69. The summed E-state index contributed by atoms with van der Waals surface area (Å²) in [6.45, 7) is 6.16. The molecule has 1 aliphatic heterocycles. The molecule has 1 saturated heterocycles. The average molecular weight is 212 g/mol. The van der Waals surface area contributed by atoms with Crippen molar-refractivity contribution in [3.05, 3.63) is 0 Å². The van der Waals surface area contributed by atoms with E-state index in [1.54, 1.807) is 0 Å². The third-order valence-corrected chi connectivity index (χ3v) is 2.90. The van der Waals surface area contributed by atoms with E-state index in [2.05, 4.69) is 24.5 Å². The minimum absolute atomic E-state index is 0.0552. The van der Waals surface area contributed by atoms with Crippen LogP contribution < -0.4 is 10.6 Å². The highest BCUT2D eigenvalue weighted by Gasteiger charge is 2.18. The molecule has 1 fully saturated rings. The Morgan fingerprint density at radius 3 is 2.93 bits per heavy atom. The van der Waals surface area contributed by atoms with E-state index in [0.29, 0.717) is 5.92 Å². The molecule has 0 aliphatic carbocycles. The second kappa shape index (κ2) is 6.83. The lowest BCUT2D eigenvalue weighted by atomic mass is 10.1. The highest BCUT2D eigenvalue weighted by atomic mass is 16.2. The van der Waals surface area contributed by atoms with Gasteiger partial charge in [-0.15, -0.1) is 0 Å². The van der Waals surface area contributed by atoms with Gasteiger partial charge in [0, 0.05) is 6.54 Å². The zero-order valence-corrected chi connectivity index (χ0v) is 10.0. The minimum Gasteiger partial charge on any atom is -0.355 e. The van der Waals surface area contributed by atoms with Crippen LogP contribution in [0.1, 0.15) is 46.0 Å². The van der Waals surface area contributed by atoms with E-state index in [-0.39, 0.29) is 11.9 Å². The van der Waals surface area contributed by atoms with E-state index in [1.165, 1.54) is 19.3 Å². The molecule has 1 unspecified atom stereocenters. The first kappa shape index (κ1) is 12.5. The van der Waals surface area contributed by atoms with E-state index in [4.69, 9.17) is 0 Å². The van der Waals surface area contributed by atoms with Crippen LogP contribution in [0.25, 0.3) is 0 Å². The number of carbonyl (C=O) groups excluding carboxylic acids is 1. The largest absolute Gasteiger partial charge is 0.355 e. The number of hydrogen-bond donors (Lipinski definition) is 2. The van der Waals surface area contributed by atoms with Crippen molar-refractivity contribution >= 4 is 5.91 Å². The van der Waals surface area contributed by atoms with Crippen molar-refractivity contribution < 1.29 is 4.79 Å². The Labute approximate surface area is 93.0 Å². The molecule has 88 valence electrons. The fraction of sp³-hybridized carbons (Fsp3) is 0.917. The molecule has 0 aromatic rings. The molecular formula is C12H24N2O. The Balaban J connectivity index is 2.19. The summed E-state index contributed by atoms with van der Waals surface area (Å²) in [5, 5.41) is 6.32. The summed E-state index contributed by atoms with van der Waals surface area (Å²) >= 11 is 0. The molecule has 1 aliphatic rings. The molecular weight excluding hydrogens is 188 g/mol. The number of carbonyl (C=O) groups is 1. The highest BCUT2D eigenvalue weighted by molar-refractivity contribution is 5.81. The zero-order valence-electron chi connectivity index (χ0n) is 10.0. The summed E-state index contributed by atoms with van der Waals surface area (Å²) in [4.78, 5) is 11.8. The van der Waals surface area contributed by atoms with Gasteiger partial charge in [0.15, 0.2) is 0 Å². The second-order valence-electron chi connectivity index (χ2n) is 4.83. The molecule has 3 heteroatoms. The van der Waals surface area contributed by atoms with Crippen LogP contribution in [0.2, 0.25) is 0 Å². The van der Waals surface area contributed by atoms with Crippen molar-refractivity contribution in [3.63, 3.8) is 0 Å². The number of hydrogen-bond acceptors (Lipinski definition) is 2. The minimum atomic E-state index is 0.0552. The standard InChI is InChI=1S/C12H24N2O/c1-10(2)7-9-14-12(15)11-6-4-3-5-8-13-11/h10-11,13H,3-9H2,1-2H3,(H,14,15). The van der Waals surface area contributed by atoms with Gasteiger partial charge in [0.25, 0.3) is 0 Å². The van der Waals surface area contributed by atoms with Crippen LogP contribution in [0, 0.1) is 5.92 Å². The van der Waals surface area contributed by atoms with Gasteiger partial charge in [0.2, 0.25) is 5.91 Å². The van der Waals surface area contributed by atoms with Gasteiger partial charge in [0.05, 0.1) is 6.04 Å². The summed E-state index contributed by atoms with van der Waals surface area (Å²) in [5.74, 6) is 0.852. The fourth-order valence-corrected chi connectivity index (χ4v) is 1.86. The summed E-state index contributed by atoms with van der Waals surface area (Å²) in [7, 11) is 0. The van der Waals surface area contributed by atoms with Gasteiger partial charge in [-0.2, -0.15) is 0 Å². The van der Waals surface area contributed by atoms with Crippen LogP contribution in [0.15, 0.2) is 0 Å². The lowest BCUT2D eigenvalue weighted by Crippen LogP contribution is -2.44. The monoisotopic (exact) mass is 212 g/mol.